The number of sulfonamides is 1. The summed E-state index contributed by atoms with van der Waals surface area (Å²) in [6.45, 7) is 5.08. The number of rotatable bonds is 7. The summed E-state index contributed by atoms with van der Waals surface area (Å²) in [6.07, 6.45) is 2.82. The van der Waals surface area contributed by atoms with Crippen molar-refractivity contribution >= 4 is 10.0 Å². The predicted octanol–water partition coefficient (Wildman–Crippen LogP) is 0.785. The molecule has 0 bridgehead atoms. The molecule has 0 aliphatic heterocycles. The molecule has 0 saturated carbocycles. The molecule has 0 aromatic heterocycles. The van der Waals surface area contributed by atoms with Crippen molar-refractivity contribution < 1.29 is 8.42 Å². The van der Waals surface area contributed by atoms with Crippen LogP contribution in [0.3, 0.4) is 0 Å². The highest BCUT2D eigenvalue weighted by molar-refractivity contribution is 7.89. The van der Waals surface area contributed by atoms with Crippen LogP contribution in [0.2, 0.25) is 0 Å². The molecular weight excluding hydrogens is 200 g/mol. The molecule has 0 aliphatic carbocycles. The SMILES string of the molecule is CCC(CC)N(C)CCCS(N)(=O)=O. The monoisotopic (exact) mass is 222 g/mol. The highest BCUT2D eigenvalue weighted by Crippen LogP contribution is 2.06. The van der Waals surface area contributed by atoms with Gasteiger partial charge in [0, 0.05) is 6.04 Å². The molecule has 0 rings (SSSR count). The molecule has 0 saturated heterocycles. The molecular formula is C9H22N2O2S. The minimum atomic E-state index is -3.29. The molecule has 0 atom stereocenters. The number of nitrogens with zero attached hydrogens (tertiary/aromatic N) is 1. The van der Waals surface area contributed by atoms with Crippen molar-refractivity contribution in [1.29, 1.82) is 0 Å². The Morgan fingerprint density at radius 3 is 2.14 bits per heavy atom. The maximum absolute atomic E-state index is 10.7. The van der Waals surface area contributed by atoms with E-state index in [1.807, 2.05) is 7.05 Å². The van der Waals surface area contributed by atoms with Gasteiger partial charge in [-0.25, -0.2) is 13.6 Å². The first-order valence-electron chi connectivity index (χ1n) is 5.11. The van der Waals surface area contributed by atoms with Gasteiger partial charge in [-0.1, -0.05) is 13.8 Å². The number of hydrogen-bond donors (Lipinski definition) is 1. The summed E-state index contributed by atoms with van der Waals surface area (Å²) in [5.41, 5.74) is 0. The molecule has 0 radical (unpaired) electrons. The van der Waals surface area contributed by atoms with Gasteiger partial charge in [-0.3, -0.25) is 0 Å². The van der Waals surface area contributed by atoms with E-state index >= 15 is 0 Å². The lowest BCUT2D eigenvalue weighted by molar-refractivity contribution is 0.230. The fourth-order valence-corrected chi connectivity index (χ4v) is 2.14. The van der Waals surface area contributed by atoms with E-state index in [0.717, 1.165) is 19.4 Å². The van der Waals surface area contributed by atoms with Crippen molar-refractivity contribution in [3.63, 3.8) is 0 Å². The second-order valence-electron chi connectivity index (χ2n) is 3.67. The zero-order chi connectivity index (χ0) is 11.2. The van der Waals surface area contributed by atoms with Gasteiger partial charge in [-0.2, -0.15) is 0 Å². The summed E-state index contributed by atoms with van der Waals surface area (Å²) in [5.74, 6) is 0.0808. The van der Waals surface area contributed by atoms with Gasteiger partial charge in [-0.05, 0) is 32.9 Å². The molecule has 0 fully saturated rings. The third-order valence-corrected chi connectivity index (χ3v) is 3.36. The molecule has 4 nitrogen and oxygen atoms in total. The lowest BCUT2D eigenvalue weighted by Crippen LogP contribution is -2.32. The topological polar surface area (TPSA) is 63.4 Å². The average Bonchev–Trinajstić information content (AvgIpc) is 2.04. The third-order valence-electron chi connectivity index (χ3n) is 2.51. The van der Waals surface area contributed by atoms with Gasteiger partial charge in [-0.15, -0.1) is 0 Å². The highest BCUT2D eigenvalue weighted by atomic mass is 32.2. The smallest absolute Gasteiger partial charge is 0.209 e. The standard InChI is InChI=1S/C9H22N2O2S/c1-4-9(5-2)11(3)7-6-8-14(10,12)13/h9H,4-8H2,1-3H3,(H2,10,12,13). The molecule has 0 aliphatic rings. The molecule has 86 valence electrons. The van der Waals surface area contributed by atoms with E-state index < -0.39 is 10.0 Å². The van der Waals surface area contributed by atoms with Gasteiger partial charge >= 0.3 is 0 Å². The Hall–Kier alpha value is -0.130. The van der Waals surface area contributed by atoms with E-state index in [0.29, 0.717) is 12.5 Å². The predicted molar refractivity (Wildman–Crippen MR) is 59.6 cm³/mol. The number of primary sulfonamides is 1. The van der Waals surface area contributed by atoms with Crippen molar-refractivity contribution in [2.24, 2.45) is 5.14 Å². The summed E-state index contributed by atoms with van der Waals surface area (Å²) in [4.78, 5) is 2.20. The van der Waals surface area contributed by atoms with Crippen LogP contribution in [0.15, 0.2) is 0 Å². The summed E-state index contributed by atoms with van der Waals surface area (Å²) >= 11 is 0. The Kier molecular flexibility index (Phi) is 6.31. The van der Waals surface area contributed by atoms with Crippen LogP contribution in [-0.2, 0) is 10.0 Å². The molecule has 0 aromatic carbocycles. The van der Waals surface area contributed by atoms with Crippen molar-refractivity contribution in [3.05, 3.63) is 0 Å². The van der Waals surface area contributed by atoms with Gasteiger partial charge in [0.2, 0.25) is 10.0 Å². The van der Waals surface area contributed by atoms with Crippen LogP contribution in [0, 0.1) is 0 Å². The van der Waals surface area contributed by atoms with Crippen LogP contribution in [0.5, 0.6) is 0 Å². The van der Waals surface area contributed by atoms with E-state index in [1.54, 1.807) is 0 Å². The fourth-order valence-electron chi connectivity index (χ4n) is 1.61. The van der Waals surface area contributed by atoms with E-state index in [-0.39, 0.29) is 5.75 Å². The first-order valence-corrected chi connectivity index (χ1v) is 6.83. The fraction of sp³-hybridized carbons (Fsp3) is 1.00. The number of nitrogens with two attached hydrogens (primary N) is 1. The molecule has 14 heavy (non-hydrogen) atoms. The van der Waals surface area contributed by atoms with Crippen molar-refractivity contribution in [2.45, 2.75) is 39.2 Å². The van der Waals surface area contributed by atoms with Crippen molar-refractivity contribution in [3.8, 4) is 0 Å². The molecule has 0 heterocycles. The molecule has 0 unspecified atom stereocenters. The average molecular weight is 222 g/mol. The first kappa shape index (κ1) is 13.9. The van der Waals surface area contributed by atoms with E-state index in [1.165, 1.54) is 0 Å². The lowest BCUT2D eigenvalue weighted by Gasteiger charge is -2.25. The maximum Gasteiger partial charge on any atom is 0.209 e. The molecule has 0 amide bonds. The van der Waals surface area contributed by atoms with E-state index in [4.69, 9.17) is 5.14 Å². The minimum absolute atomic E-state index is 0.0808. The first-order chi connectivity index (χ1) is 6.40. The van der Waals surface area contributed by atoms with E-state index in [2.05, 4.69) is 18.7 Å². The van der Waals surface area contributed by atoms with Crippen LogP contribution in [0.25, 0.3) is 0 Å². The van der Waals surface area contributed by atoms with Gasteiger partial charge in [0.05, 0.1) is 5.75 Å². The van der Waals surface area contributed by atoms with Crippen LogP contribution in [0.1, 0.15) is 33.1 Å². The van der Waals surface area contributed by atoms with Crippen LogP contribution in [0.4, 0.5) is 0 Å². The minimum Gasteiger partial charge on any atom is -0.303 e. The van der Waals surface area contributed by atoms with Crippen LogP contribution < -0.4 is 5.14 Å². The zero-order valence-electron chi connectivity index (χ0n) is 9.36. The maximum atomic E-state index is 10.7. The Morgan fingerprint density at radius 1 is 1.29 bits per heavy atom. The summed E-state index contributed by atoms with van der Waals surface area (Å²) in [6, 6.07) is 0.551. The molecule has 0 aromatic rings. The van der Waals surface area contributed by atoms with Gasteiger partial charge in [0.15, 0.2) is 0 Å². The van der Waals surface area contributed by atoms with Gasteiger partial charge < -0.3 is 4.90 Å². The second kappa shape index (κ2) is 6.37. The van der Waals surface area contributed by atoms with Gasteiger partial charge in [0.1, 0.15) is 0 Å². The Bertz CT molecular complexity index is 235. The zero-order valence-corrected chi connectivity index (χ0v) is 10.2. The van der Waals surface area contributed by atoms with Crippen molar-refractivity contribution in [2.75, 3.05) is 19.3 Å². The Balaban J connectivity index is 3.78. The molecule has 0 spiro atoms. The molecule has 5 heteroatoms. The normalized spacial score (nSPS) is 12.7. The summed E-state index contributed by atoms with van der Waals surface area (Å²) in [5, 5.41) is 4.92. The highest BCUT2D eigenvalue weighted by Gasteiger charge is 2.10. The molecule has 2 N–H and O–H groups in total. The summed E-state index contributed by atoms with van der Waals surface area (Å²) < 4.78 is 21.4. The largest absolute Gasteiger partial charge is 0.303 e. The lowest BCUT2D eigenvalue weighted by atomic mass is 10.1. The number of hydrogen-bond acceptors (Lipinski definition) is 3. The quantitative estimate of drug-likeness (QED) is 0.692. The van der Waals surface area contributed by atoms with Crippen molar-refractivity contribution in [1.82, 2.24) is 4.90 Å². The third kappa shape index (κ3) is 6.34. The van der Waals surface area contributed by atoms with E-state index in [9.17, 15) is 8.42 Å². The Labute approximate surface area is 87.5 Å². The van der Waals surface area contributed by atoms with Crippen LogP contribution in [-0.4, -0.2) is 38.7 Å². The summed E-state index contributed by atoms with van der Waals surface area (Å²) in [7, 11) is -1.26. The van der Waals surface area contributed by atoms with Crippen LogP contribution >= 0.6 is 0 Å². The Morgan fingerprint density at radius 2 is 1.79 bits per heavy atom. The van der Waals surface area contributed by atoms with Gasteiger partial charge in [0.25, 0.3) is 0 Å². The second-order valence-corrected chi connectivity index (χ2v) is 5.41.